The van der Waals surface area contributed by atoms with E-state index in [4.69, 9.17) is 10.5 Å². The SMILES string of the molecule is CC[C@H](C)[C@@H](NC(N)=O)C(=O)N1CCOCC1. The number of hydrogen-bond donors (Lipinski definition) is 2. The van der Waals surface area contributed by atoms with E-state index in [1.807, 2.05) is 13.8 Å². The lowest BCUT2D eigenvalue weighted by Crippen LogP contribution is -2.55. The molecule has 1 saturated heterocycles. The second kappa shape index (κ2) is 6.44. The predicted molar refractivity (Wildman–Crippen MR) is 63.4 cm³/mol. The number of hydrogen-bond acceptors (Lipinski definition) is 3. The molecule has 0 aromatic heterocycles. The summed E-state index contributed by atoms with van der Waals surface area (Å²) in [6.07, 6.45) is 0.807. The zero-order chi connectivity index (χ0) is 12.8. The first-order valence-corrected chi connectivity index (χ1v) is 5.98. The van der Waals surface area contributed by atoms with Gasteiger partial charge in [-0.1, -0.05) is 20.3 Å². The van der Waals surface area contributed by atoms with E-state index in [-0.39, 0.29) is 11.8 Å². The summed E-state index contributed by atoms with van der Waals surface area (Å²) in [4.78, 5) is 24.9. The van der Waals surface area contributed by atoms with E-state index < -0.39 is 12.1 Å². The largest absolute Gasteiger partial charge is 0.378 e. The highest BCUT2D eigenvalue weighted by molar-refractivity contribution is 5.86. The minimum atomic E-state index is -0.656. The van der Waals surface area contributed by atoms with Crippen molar-refractivity contribution in [3.63, 3.8) is 0 Å². The van der Waals surface area contributed by atoms with Gasteiger partial charge < -0.3 is 20.7 Å². The van der Waals surface area contributed by atoms with E-state index in [1.54, 1.807) is 4.90 Å². The first-order valence-electron chi connectivity index (χ1n) is 5.98. The molecule has 1 aliphatic heterocycles. The highest BCUT2D eigenvalue weighted by Crippen LogP contribution is 2.12. The Labute approximate surface area is 101 Å². The van der Waals surface area contributed by atoms with Crippen molar-refractivity contribution in [3.05, 3.63) is 0 Å². The molecule has 0 aromatic rings. The average Bonchev–Trinajstić information content (AvgIpc) is 2.35. The lowest BCUT2D eigenvalue weighted by molar-refractivity contribution is -0.138. The first-order chi connectivity index (χ1) is 8.06. The van der Waals surface area contributed by atoms with Crippen LogP contribution in [0.1, 0.15) is 20.3 Å². The number of carbonyl (C=O) groups excluding carboxylic acids is 2. The molecule has 1 heterocycles. The zero-order valence-electron chi connectivity index (χ0n) is 10.4. The van der Waals surface area contributed by atoms with Gasteiger partial charge >= 0.3 is 6.03 Å². The molecule has 0 bridgehead atoms. The van der Waals surface area contributed by atoms with E-state index in [0.717, 1.165) is 6.42 Å². The number of nitrogens with two attached hydrogens (primary N) is 1. The van der Waals surface area contributed by atoms with Crippen molar-refractivity contribution in [2.24, 2.45) is 11.7 Å². The van der Waals surface area contributed by atoms with Crippen molar-refractivity contribution >= 4 is 11.9 Å². The summed E-state index contributed by atoms with van der Waals surface area (Å²) >= 11 is 0. The van der Waals surface area contributed by atoms with Crippen LogP contribution < -0.4 is 11.1 Å². The number of rotatable bonds is 4. The third kappa shape index (κ3) is 3.89. The fraction of sp³-hybridized carbons (Fsp3) is 0.818. The van der Waals surface area contributed by atoms with Crippen LogP contribution in [0.4, 0.5) is 4.79 Å². The molecule has 0 aliphatic carbocycles. The van der Waals surface area contributed by atoms with Crippen LogP contribution in [0, 0.1) is 5.92 Å². The van der Waals surface area contributed by atoms with Crippen molar-refractivity contribution in [1.29, 1.82) is 0 Å². The van der Waals surface area contributed by atoms with Crippen LogP contribution in [0.5, 0.6) is 0 Å². The van der Waals surface area contributed by atoms with Crippen molar-refractivity contribution in [2.45, 2.75) is 26.3 Å². The quantitative estimate of drug-likeness (QED) is 0.724. The molecular formula is C11H21N3O3. The van der Waals surface area contributed by atoms with Crippen LogP contribution in [0.3, 0.4) is 0 Å². The van der Waals surface area contributed by atoms with Gasteiger partial charge in [-0.2, -0.15) is 0 Å². The molecule has 0 spiro atoms. The Hall–Kier alpha value is -1.30. The van der Waals surface area contributed by atoms with Crippen LogP contribution >= 0.6 is 0 Å². The fourth-order valence-electron chi connectivity index (χ4n) is 1.82. The monoisotopic (exact) mass is 243 g/mol. The molecule has 3 N–H and O–H groups in total. The Kier molecular flexibility index (Phi) is 5.21. The van der Waals surface area contributed by atoms with Crippen LogP contribution in [0.25, 0.3) is 0 Å². The number of nitrogens with one attached hydrogen (secondary N) is 1. The van der Waals surface area contributed by atoms with Crippen molar-refractivity contribution in [3.8, 4) is 0 Å². The van der Waals surface area contributed by atoms with Gasteiger partial charge in [0.2, 0.25) is 5.91 Å². The Balaban J connectivity index is 2.66. The van der Waals surface area contributed by atoms with E-state index in [9.17, 15) is 9.59 Å². The summed E-state index contributed by atoms with van der Waals surface area (Å²) in [6.45, 7) is 6.16. The van der Waals surface area contributed by atoms with E-state index in [2.05, 4.69) is 5.32 Å². The molecule has 3 amide bonds. The maximum atomic E-state index is 12.2. The second-order valence-corrected chi connectivity index (χ2v) is 4.31. The van der Waals surface area contributed by atoms with E-state index in [0.29, 0.717) is 26.3 Å². The lowest BCUT2D eigenvalue weighted by Gasteiger charge is -2.32. The molecule has 1 fully saturated rings. The van der Waals surface area contributed by atoms with Gasteiger partial charge in [0.15, 0.2) is 0 Å². The van der Waals surface area contributed by atoms with Crippen molar-refractivity contribution in [2.75, 3.05) is 26.3 Å². The van der Waals surface area contributed by atoms with Gasteiger partial charge in [-0.3, -0.25) is 4.79 Å². The lowest BCUT2D eigenvalue weighted by atomic mass is 9.98. The number of ether oxygens (including phenoxy) is 1. The Morgan fingerprint density at radius 3 is 2.47 bits per heavy atom. The summed E-state index contributed by atoms with van der Waals surface area (Å²) < 4.78 is 5.19. The third-order valence-corrected chi connectivity index (χ3v) is 3.10. The molecule has 17 heavy (non-hydrogen) atoms. The molecule has 0 radical (unpaired) electrons. The van der Waals surface area contributed by atoms with Gasteiger partial charge in [-0.15, -0.1) is 0 Å². The van der Waals surface area contributed by atoms with Gasteiger partial charge in [0.05, 0.1) is 13.2 Å². The summed E-state index contributed by atoms with van der Waals surface area (Å²) in [6, 6.07) is -1.19. The smallest absolute Gasteiger partial charge is 0.312 e. The van der Waals surface area contributed by atoms with Gasteiger partial charge in [0.1, 0.15) is 6.04 Å². The Bertz CT molecular complexity index is 277. The molecule has 0 unspecified atom stereocenters. The summed E-state index contributed by atoms with van der Waals surface area (Å²) in [5.41, 5.74) is 5.11. The third-order valence-electron chi connectivity index (χ3n) is 3.10. The van der Waals surface area contributed by atoms with Crippen LogP contribution in [0.2, 0.25) is 0 Å². The summed E-state index contributed by atoms with van der Waals surface area (Å²) in [7, 11) is 0. The number of urea groups is 1. The minimum absolute atomic E-state index is 0.0674. The number of carbonyl (C=O) groups is 2. The predicted octanol–water partition coefficient (Wildman–Crippen LogP) is -0.0718. The zero-order valence-corrected chi connectivity index (χ0v) is 10.4. The van der Waals surface area contributed by atoms with Gasteiger partial charge in [-0.05, 0) is 5.92 Å². The molecule has 1 rings (SSSR count). The standard InChI is InChI=1S/C11H21N3O3/c1-3-8(2)9(13-11(12)16)10(15)14-4-6-17-7-5-14/h8-9H,3-7H2,1-2H3,(H3,12,13,16)/t8-,9+/m0/s1. The normalized spacial score (nSPS) is 19.5. The highest BCUT2D eigenvalue weighted by Gasteiger charge is 2.30. The van der Waals surface area contributed by atoms with Crippen LogP contribution in [-0.2, 0) is 9.53 Å². The van der Waals surface area contributed by atoms with Crippen LogP contribution in [0.15, 0.2) is 0 Å². The van der Waals surface area contributed by atoms with Crippen molar-refractivity contribution in [1.82, 2.24) is 10.2 Å². The topological polar surface area (TPSA) is 84.7 Å². The molecule has 6 heteroatoms. The molecule has 2 atom stereocenters. The van der Waals surface area contributed by atoms with E-state index in [1.165, 1.54) is 0 Å². The van der Waals surface area contributed by atoms with E-state index >= 15 is 0 Å². The van der Waals surface area contributed by atoms with Crippen LogP contribution in [-0.4, -0.2) is 49.2 Å². The second-order valence-electron chi connectivity index (χ2n) is 4.31. The molecule has 98 valence electrons. The first kappa shape index (κ1) is 13.8. The maximum Gasteiger partial charge on any atom is 0.312 e. The number of morpholine rings is 1. The molecule has 1 aliphatic rings. The highest BCUT2D eigenvalue weighted by atomic mass is 16.5. The van der Waals surface area contributed by atoms with Gasteiger partial charge in [-0.25, -0.2) is 4.79 Å². The summed E-state index contributed by atoms with van der Waals surface area (Å²) in [5.74, 6) is -0.000653. The number of primary amides is 1. The Morgan fingerprint density at radius 1 is 1.41 bits per heavy atom. The maximum absolute atomic E-state index is 12.2. The van der Waals surface area contributed by atoms with Gasteiger partial charge in [0.25, 0.3) is 0 Å². The van der Waals surface area contributed by atoms with Gasteiger partial charge in [0, 0.05) is 13.1 Å². The average molecular weight is 243 g/mol. The molecule has 6 nitrogen and oxygen atoms in total. The summed E-state index contributed by atoms with van der Waals surface area (Å²) in [5, 5.41) is 2.53. The molecular weight excluding hydrogens is 222 g/mol. The minimum Gasteiger partial charge on any atom is -0.378 e. The molecule has 0 saturated carbocycles. The molecule has 0 aromatic carbocycles. The Morgan fingerprint density at radius 2 is 2.00 bits per heavy atom. The number of nitrogens with zero attached hydrogens (tertiary/aromatic N) is 1. The number of amides is 3. The fourth-order valence-corrected chi connectivity index (χ4v) is 1.82. The van der Waals surface area contributed by atoms with Crippen molar-refractivity contribution < 1.29 is 14.3 Å².